The van der Waals surface area contributed by atoms with Crippen molar-refractivity contribution < 1.29 is 4.79 Å². The van der Waals surface area contributed by atoms with Gasteiger partial charge in [0, 0.05) is 31.4 Å². The highest BCUT2D eigenvalue weighted by atomic mass is 16.2. The Morgan fingerprint density at radius 2 is 2.33 bits per heavy atom. The number of likely N-dealkylation sites (N-methyl/N-ethyl adjacent to an activating group) is 1. The van der Waals surface area contributed by atoms with Crippen molar-refractivity contribution in [2.45, 2.75) is 19.8 Å². The molecule has 0 radical (unpaired) electrons. The molecule has 1 unspecified atom stereocenters. The molecule has 0 fully saturated rings. The van der Waals surface area contributed by atoms with Crippen molar-refractivity contribution in [2.75, 3.05) is 13.6 Å². The number of nitrogens with zero attached hydrogens (tertiary/aromatic N) is 4. The van der Waals surface area contributed by atoms with Gasteiger partial charge in [0.2, 0.25) is 0 Å². The molecule has 0 aliphatic carbocycles. The van der Waals surface area contributed by atoms with Gasteiger partial charge in [-0.15, -0.1) is 10.2 Å². The van der Waals surface area contributed by atoms with Crippen LogP contribution in [0.5, 0.6) is 0 Å². The molecular formula is C11H16N6O. The smallest absolute Gasteiger partial charge is 0.255 e. The zero-order chi connectivity index (χ0) is 13.1. The van der Waals surface area contributed by atoms with E-state index in [0.717, 1.165) is 5.69 Å². The predicted octanol–water partition coefficient (Wildman–Crippen LogP) is 0.712. The van der Waals surface area contributed by atoms with Crippen LogP contribution in [0.1, 0.15) is 34.7 Å². The Morgan fingerprint density at radius 1 is 1.56 bits per heavy atom. The first-order chi connectivity index (χ1) is 8.59. The number of amides is 1. The van der Waals surface area contributed by atoms with Crippen LogP contribution in [0.25, 0.3) is 0 Å². The lowest BCUT2D eigenvalue weighted by Crippen LogP contribution is -2.30. The maximum Gasteiger partial charge on any atom is 0.255 e. The Hall–Kier alpha value is -2.18. The molecule has 2 rings (SSSR count). The second kappa shape index (κ2) is 4.99. The minimum Gasteiger partial charge on any atom is -0.365 e. The third kappa shape index (κ3) is 2.39. The van der Waals surface area contributed by atoms with E-state index in [1.807, 2.05) is 13.8 Å². The summed E-state index contributed by atoms with van der Waals surface area (Å²) in [5.74, 6) is 0.640. The molecular weight excluding hydrogens is 232 g/mol. The lowest BCUT2D eigenvalue weighted by Gasteiger charge is -2.19. The van der Waals surface area contributed by atoms with E-state index in [4.69, 9.17) is 0 Å². The van der Waals surface area contributed by atoms with E-state index in [1.165, 1.54) is 0 Å². The van der Waals surface area contributed by atoms with E-state index < -0.39 is 0 Å². The van der Waals surface area contributed by atoms with E-state index in [0.29, 0.717) is 17.9 Å². The molecule has 7 heteroatoms. The van der Waals surface area contributed by atoms with Crippen molar-refractivity contribution in [3.63, 3.8) is 0 Å². The molecule has 1 atom stereocenters. The van der Waals surface area contributed by atoms with Gasteiger partial charge in [-0.05, 0) is 13.0 Å². The topological polar surface area (TPSA) is 90.6 Å². The van der Waals surface area contributed by atoms with Crippen LogP contribution in [0.2, 0.25) is 0 Å². The highest BCUT2D eigenvalue weighted by Gasteiger charge is 2.19. The standard InChI is InChI=1S/C11H16N6O/c1-7(10-13-15-16-14-10)6-17(3)11(18)9-4-5-12-8(9)2/h4-5,7,12H,6H2,1-3H3,(H,13,14,15,16). The molecule has 96 valence electrons. The Morgan fingerprint density at radius 3 is 2.89 bits per heavy atom. The highest BCUT2D eigenvalue weighted by molar-refractivity contribution is 5.95. The molecule has 7 nitrogen and oxygen atoms in total. The number of H-pyrrole nitrogens is 2. The summed E-state index contributed by atoms with van der Waals surface area (Å²) in [5.41, 5.74) is 1.57. The van der Waals surface area contributed by atoms with Gasteiger partial charge in [-0.3, -0.25) is 4.79 Å². The lowest BCUT2D eigenvalue weighted by molar-refractivity contribution is 0.0786. The molecule has 0 aliphatic heterocycles. The summed E-state index contributed by atoms with van der Waals surface area (Å²) in [6.45, 7) is 4.38. The van der Waals surface area contributed by atoms with Gasteiger partial charge in [0.15, 0.2) is 5.82 Å². The van der Waals surface area contributed by atoms with Crippen LogP contribution in [0.3, 0.4) is 0 Å². The van der Waals surface area contributed by atoms with E-state index >= 15 is 0 Å². The summed E-state index contributed by atoms with van der Waals surface area (Å²) >= 11 is 0. The average molecular weight is 248 g/mol. The molecule has 2 aromatic rings. The second-order valence-electron chi connectivity index (χ2n) is 4.37. The first kappa shape index (κ1) is 12.3. The fourth-order valence-electron chi connectivity index (χ4n) is 1.84. The Kier molecular flexibility index (Phi) is 3.40. The number of tetrazole rings is 1. The Balaban J connectivity index is 2.02. The van der Waals surface area contributed by atoms with Gasteiger partial charge in [-0.25, -0.2) is 0 Å². The van der Waals surface area contributed by atoms with Gasteiger partial charge in [0.25, 0.3) is 5.91 Å². The predicted molar refractivity (Wildman–Crippen MR) is 65.1 cm³/mol. The third-order valence-electron chi connectivity index (χ3n) is 2.88. The van der Waals surface area contributed by atoms with Crippen LogP contribution >= 0.6 is 0 Å². The molecule has 1 amide bonds. The number of hydrogen-bond acceptors (Lipinski definition) is 4. The molecule has 0 saturated heterocycles. The first-order valence-corrected chi connectivity index (χ1v) is 5.72. The highest BCUT2D eigenvalue weighted by Crippen LogP contribution is 2.13. The zero-order valence-electron chi connectivity index (χ0n) is 10.6. The monoisotopic (exact) mass is 248 g/mol. The summed E-state index contributed by atoms with van der Waals surface area (Å²) < 4.78 is 0. The van der Waals surface area contributed by atoms with E-state index in [2.05, 4.69) is 25.6 Å². The largest absolute Gasteiger partial charge is 0.365 e. The number of carbonyl (C=O) groups excluding carboxylic acids is 1. The van der Waals surface area contributed by atoms with Crippen molar-refractivity contribution >= 4 is 5.91 Å². The third-order valence-corrected chi connectivity index (χ3v) is 2.88. The van der Waals surface area contributed by atoms with E-state index in [1.54, 1.807) is 24.2 Å². The fourth-order valence-corrected chi connectivity index (χ4v) is 1.84. The van der Waals surface area contributed by atoms with E-state index in [9.17, 15) is 4.79 Å². The summed E-state index contributed by atoms with van der Waals surface area (Å²) in [6.07, 6.45) is 1.76. The molecule has 0 saturated carbocycles. The Labute approximate surface area is 105 Å². The molecule has 0 bridgehead atoms. The van der Waals surface area contributed by atoms with Crippen molar-refractivity contribution in [3.8, 4) is 0 Å². The summed E-state index contributed by atoms with van der Waals surface area (Å²) in [7, 11) is 1.77. The van der Waals surface area contributed by atoms with E-state index in [-0.39, 0.29) is 11.8 Å². The maximum absolute atomic E-state index is 12.2. The van der Waals surface area contributed by atoms with Crippen LogP contribution in [0.15, 0.2) is 12.3 Å². The summed E-state index contributed by atoms with van der Waals surface area (Å²) in [4.78, 5) is 16.8. The van der Waals surface area contributed by atoms with Crippen LogP contribution in [-0.4, -0.2) is 50.0 Å². The molecule has 2 heterocycles. The number of nitrogens with one attached hydrogen (secondary N) is 2. The average Bonchev–Trinajstić information content (AvgIpc) is 2.98. The van der Waals surface area contributed by atoms with Gasteiger partial charge in [-0.2, -0.15) is 5.21 Å². The number of rotatable bonds is 4. The number of aryl methyl sites for hydroxylation is 1. The van der Waals surface area contributed by atoms with Crippen LogP contribution in [0.4, 0.5) is 0 Å². The molecule has 0 aromatic carbocycles. The SMILES string of the molecule is Cc1[nH]ccc1C(=O)N(C)CC(C)c1nn[nH]n1. The normalized spacial score (nSPS) is 12.4. The minimum atomic E-state index is -0.0101. The lowest BCUT2D eigenvalue weighted by atomic mass is 10.1. The van der Waals surface area contributed by atoms with Crippen LogP contribution in [0, 0.1) is 6.92 Å². The van der Waals surface area contributed by atoms with Crippen molar-refractivity contribution in [1.29, 1.82) is 0 Å². The maximum atomic E-state index is 12.2. The van der Waals surface area contributed by atoms with Gasteiger partial charge >= 0.3 is 0 Å². The number of aromatic amines is 2. The zero-order valence-corrected chi connectivity index (χ0v) is 10.6. The first-order valence-electron chi connectivity index (χ1n) is 5.72. The van der Waals surface area contributed by atoms with Crippen molar-refractivity contribution in [3.05, 3.63) is 29.3 Å². The van der Waals surface area contributed by atoms with Crippen LogP contribution in [-0.2, 0) is 0 Å². The molecule has 2 N–H and O–H groups in total. The van der Waals surface area contributed by atoms with Gasteiger partial charge in [-0.1, -0.05) is 12.1 Å². The summed E-state index contributed by atoms with van der Waals surface area (Å²) in [5, 5.41) is 13.8. The van der Waals surface area contributed by atoms with Crippen molar-refractivity contribution in [2.24, 2.45) is 0 Å². The van der Waals surface area contributed by atoms with Gasteiger partial charge in [0.1, 0.15) is 0 Å². The molecule has 0 aliphatic rings. The van der Waals surface area contributed by atoms with Gasteiger partial charge < -0.3 is 9.88 Å². The summed E-state index contributed by atoms with van der Waals surface area (Å²) in [6, 6.07) is 1.78. The molecule has 0 spiro atoms. The second-order valence-corrected chi connectivity index (χ2v) is 4.37. The number of hydrogen-bond donors (Lipinski definition) is 2. The molecule has 2 aromatic heterocycles. The fraction of sp³-hybridized carbons (Fsp3) is 0.455. The Bertz CT molecular complexity index is 517. The number of aromatic nitrogens is 5. The minimum absolute atomic E-state index is 0.0101. The van der Waals surface area contributed by atoms with Crippen LogP contribution < -0.4 is 0 Å². The van der Waals surface area contributed by atoms with Gasteiger partial charge in [0.05, 0.1) is 5.56 Å². The van der Waals surface area contributed by atoms with Crippen molar-refractivity contribution in [1.82, 2.24) is 30.5 Å². The number of carbonyl (C=O) groups is 1. The molecule has 18 heavy (non-hydrogen) atoms. The quantitative estimate of drug-likeness (QED) is 0.833.